The molecule has 1 atom stereocenters. The highest BCUT2D eigenvalue weighted by Crippen LogP contribution is 1.69. The van der Waals surface area contributed by atoms with Crippen molar-refractivity contribution in [2.45, 2.75) is 20.6 Å². The monoisotopic (exact) mass is 232 g/mol. The molecule has 2 N–H and O–H groups in total. The summed E-state index contributed by atoms with van der Waals surface area (Å²) in [5.74, 6) is 12.0. The molecule has 0 saturated carbocycles. The number of nitrogens with zero attached hydrogens (tertiary/aromatic N) is 1. The molecule has 1 unspecified atom stereocenters. The zero-order chi connectivity index (χ0) is 11.4. The zero-order valence-electron chi connectivity index (χ0n) is 8.00. The average molecular weight is 232 g/mol. The molecule has 4 heteroatoms. The Morgan fingerprint density at radius 3 is 2.69 bits per heavy atom. The van der Waals surface area contributed by atoms with E-state index in [1.807, 2.05) is 0 Å². The van der Waals surface area contributed by atoms with Crippen LogP contribution in [0, 0.1) is 46.9 Å². The summed E-state index contributed by atoms with van der Waals surface area (Å²) in [6.45, 7) is 1.75. The minimum absolute atomic E-state index is 0. The lowest BCUT2D eigenvalue weighted by atomic mass is 10.5. The van der Waals surface area contributed by atoms with Gasteiger partial charge in [0.05, 0.1) is 0 Å². The van der Waals surface area contributed by atoms with E-state index in [2.05, 4.69) is 69.9 Å². The quantitative estimate of drug-likeness (QED) is 0.202. The van der Waals surface area contributed by atoms with Gasteiger partial charge in [-0.15, -0.1) is 0 Å². The maximum Gasteiger partial charge on any atom is 0.196 e. The van der Waals surface area contributed by atoms with Crippen LogP contribution in [0.4, 0.5) is 0 Å². The third-order valence-electron chi connectivity index (χ3n) is 0.911. The van der Waals surface area contributed by atoms with Crippen molar-refractivity contribution in [2.75, 3.05) is 0 Å². The van der Waals surface area contributed by atoms with Gasteiger partial charge in [0.15, 0.2) is 6.23 Å². The Balaban J connectivity index is 0. The van der Waals surface area contributed by atoms with Gasteiger partial charge in [0.2, 0.25) is 0 Å². The number of aliphatic imine (C=N–C) groups is 1. The van der Waals surface area contributed by atoms with Gasteiger partial charge in [-0.2, -0.15) is 0 Å². The van der Waals surface area contributed by atoms with E-state index in [4.69, 9.17) is 5.11 Å². The number of aliphatic hydroxyl groups excluding tert-OH is 1. The number of rotatable bonds is 1. The molecule has 0 aliphatic carbocycles. The summed E-state index contributed by atoms with van der Waals surface area (Å²) >= 11 is 3.62. The van der Waals surface area contributed by atoms with Crippen LogP contribution in [0.15, 0.2) is 4.99 Å². The summed E-state index contributed by atoms with van der Waals surface area (Å²) in [6.07, 6.45) is 0.490. The highest BCUT2D eigenvalue weighted by atomic mass is 32.1. The Hall–Kier alpha value is -1.98. The van der Waals surface area contributed by atoms with Crippen LogP contribution in [0.1, 0.15) is 14.4 Å². The SMILES string of the molecule is C.CC=NC#CC#CC(O)NC#CC#CS. The van der Waals surface area contributed by atoms with Crippen molar-refractivity contribution >= 4 is 18.8 Å². The van der Waals surface area contributed by atoms with E-state index in [0.717, 1.165) is 0 Å². The lowest BCUT2D eigenvalue weighted by Crippen LogP contribution is -2.21. The summed E-state index contributed by atoms with van der Waals surface area (Å²) < 4.78 is 0. The van der Waals surface area contributed by atoms with Crippen LogP contribution in [0.25, 0.3) is 0 Å². The fourth-order valence-corrected chi connectivity index (χ4v) is 0.485. The van der Waals surface area contributed by atoms with E-state index < -0.39 is 6.23 Å². The normalized spacial score (nSPS) is 8.44. The lowest BCUT2D eigenvalue weighted by Gasteiger charge is -1.96. The van der Waals surface area contributed by atoms with Crippen LogP contribution in [-0.2, 0) is 0 Å². The molecule has 0 aliphatic rings. The number of thiol groups is 1. The lowest BCUT2D eigenvalue weighted by molar-refractivity contribution is 0.215. The fraction of sp³-hybridized carbons (Fsp3) is 0.250. The van der Waals surface area contributed by atoms with Crippen LogP contribution in [0.5, 0.6) is 0 Å². The van der Waals surface area contributed by atoms with E-state index in [1.165, 1.54) is 0 Å². The summed E-state index contributed by atoms with van der Waals surface area (Å²) in [5, 5.41) is 13.8. The predicted octanol–water partition coefficient (Wildman–Crippen LogP) is 0.437. The van der Waals surface area contributed by atoms with E-state index >= 15 is 0 Å². The number of nitrogens with one attached hydrogen (secondary N) is 1. The topological polar surface area (TPSA) is 44.6 Å². The molecule has 0 aliphatic heterocycles. The molecule has 0 saturated heterocycles. The maximum absolute atomic E-state index is 9.14. The molecular weight excluding hydrogens is 220 g/mol. The van der Waals surface area contributed by atoms with Crippen molar-refractivity contribution in [3.05, 3.63) is 0 Å². The molecule has 0 heterocycles. The number of hydrogen-bond acceptors (Lipinski definition) is 4. The Morgan fingerprint density at radius 2 is 2.06 bits per heavy atom. The third kappa shape index (κ3) is 12.0. The first-order chi connectivity index (χ1) is 7.31. The molecule has 3 nitrogen and oxygen atoms in total. The molecule has 0 fully saturated rings. The van der Waals surface area contributed by atoms with Crippen molar-refractivity contribution in [2.24, 2.45) is 4.99 Å². The molecule has 16 heavy (non-hydrogen) atoms. The molecular formula is C12H12N2OS. The summed E-state index contributed by atoms with van der Waals surface area (Å²) in [6, 6.07) is 4.79. The summed E-state index contributed by atoms with van der Waals surface area (Å²) in [7, 11) is 0. The van der Waals surface area contributed by atoms with Gasteiger partial charge in [-0.05, 0) is 29.9 Å². The van der Waals surface area contributed by atoms with Crippen LogP contribution in [0.3, 0.4) is 0 Å². The van der Waals surface area contributed by atoms with Gasteiger partial charge in [-0.3, -0.25) is 0 Å². The largest absolute Gasteiger partial charge is 0.363 e. The van der Waals surface area contributed by atoms with Gasteiger partial charge < -0.3 is 10.4 Å². The minimum atomic E-state index is -1.06. The Labute approximate surface area is 102 Å². The fourth-order valence-electron chi connectivity index (χ4n) is 0.429. The molecule has 0 radical (unpaired) electrons. The van der Waals surface area contributed by atoms with Crippen LogP contribution < -0.4 is 5.32 Å². The van der Waals surface area contributed by atoms with E-state index in [9.17, 15) is 0 Å². The smallest absolute Gasteiger partial charge is 0.196 e. The predicted molar refractivity (Wildman–Crippen MR) is 70.1 cm³/mol. The second-order valence-electron chi connectivity index (χ2n) is 1.93. The second-order valence-corrected chi connectivity index (χ2v) is 2.15. The molecule has 0 aromatic carbocycles. The van der Waals surface area contributed by atoms with Crippen molar-refractivity contribution in [1.82, 2.24) is 5.32 Å². The Morgan fingerprint density at radius 1 is 1.31 bits per heavy atom. The van der Waals surface area contributed by atoms with E-state index in [0.29, 0.717) is 0 Å². The Bertz CT molecular complexity index is 452. The molecule has 82 valence electrons. The van der Waals surface area contributed by atoms with Crippen molar-refractivity contribution in [3.8, 4) is 46.9 Å². The van der Waals surface area contributed by atoms with E-state index in [-0.39, 0.29) is 7.43 Å². The first-order valence-electron chi connectivity index (χ1n) is 3.87. The van der Waals surface area contributed by atoms with Gasteiger partial charge in [0, 0.05) is 30.1 Å². The second kappa shape index (κ2) is 13.0. The third-order valence-corrected chi connectivity index (χ3v) is 1.02. The van der Waals surface area contributed by atoms with Gasteiger partial charge in [0.1, 0.15) is 0 Å². The van der Waals surface area contributed by atoms with Crippen molar-refractivity contribution in [1.29, 1.82) is 0 Å². The van der Waals surface area contributed by atoms with Gasteiger partial charge in [0.25, 0.3) is 0 Å². The molecule has 0 aromatic heterocycles. The van der Waals surface area contributed by atoms with Crippen LogP contribution >= 0.6 is 12.6 Å². The summed E-state index contributed by atoms with van der Waals surface area (Å²) in [4.78, 5) is 3.61. The molecule has 0 amide bonds. The minimum Gasteiger partial charge on any atom is -0.363 e. The zero-order valence-corrected chi connectivity index (χ0v) is 8.89. The maximum atomic E-state index is 9.14. The number of aliphatic hydroxyl groups is 1. The van der Waals surface area contributed by atoms with Gasteiger partial charge in [-0.1, -0.05) is 20.1 Å². The summed E-state index contributed by atoms with van der Waals surface area (Å²) in [5.41, 5.74) is 0. The van der Waals surface area contributed by atoms with Crippen LogP contribution in [0.2, 0.25) is 0 Å². The average Bonchev–Trinajstić information content (AvgIpc) is 2.24. The van der Waals surface area contributed by atoms with Crippen molar-refractivity contribution in [3.63, 3.8) is 0 Å². The van der Waals surface area contributed by atoms with Gasteiger partial charge in [-0.25, -0.2) is 4.99 Å². The van der Waals surface area contributed by atoms with E-state index in [1.54, 1.807) is 13.1 Å². The molecule has 0 aromatic rings. The highest BCUT2D eigenvalue weighted by Gasteiger charge is 1.89. The van der Waals surface area contributed by atoms with Crippen LogP contribution in [-0.4, -0.2) is 17.5 Å². The van der Waals surface area contributed by atoms with Crippen molar-refractivity contribution < 1.29 is 5.11 Å². The Kier molecular flexibility index (Phi) is 13.4. The van der Waals surface area contributed by atoms with Gasteiger partial charge >= 0.3 is 0 Å². The molecule has 0 bridgehead atoms. The standard InChI is InChI=1S/C11H8N2OS.CH4/c1-2-12-8-4-3-7-11(14)13-9-5-6-10-15;/h2,11,13-15H,1H3;1H4. The first-order valence-corrected chi connectivity index (χ1v) is 4.32. The molecule has 0 spiro atoms. The number of hydrogen-bond donors (Lipinski definition) is 3. The first kappa shape index (κ1) is 16.4. The molecule has 0 rings (SSSR count). The highest BCUT2D eigenvalue weighted by molar-refractivity contribution is 7.85.